The number of rotatable bonds is 12. The molecule has 0 aliphatic carbocycles. The summed E-state index contributed by atoms with van der Waals surface area (Å²) in [6, 6.07) is 29.2. The van der Waals surface area contributed by atoms with E-state index in [4.69, 9.17) is 30.8 Å². The van der Waals surface area contributed by atoms with Crippen LogP contribution in [0.4, 0.5) is 26.3 Å². The zero-order valence-electron chi connectivity index (χ0n) is 30.7. The Hall–Kier alpha value is -6.68. The van der Waals surface area contributed by atoms with Gasteiger partial charge in [0.15, 0.2) is 21.8 Å². The lowest BCUT2D eigenvalue weighted by atomic mass is 10.0. The highest BCUT2D eigenvalue weighted by Crippen LogP contribution is 2.37. The van der Waals surface area contributed by atoms with Crippen LogP contribution in [0.2, 0.25) is 0 Å². The van der Waals surface area contributed by atoms with E-state index in [1.165, 1.54) is 28.7 Å². The number of aryl methyl sites for hydroxylation is 2. The van der Waals surface area contributed by atoms with Crippen molar-refractivity contribution in [3.8, 4) is 57.5 Å². The molecule has 0 amide bonds. The Balaban J connectivity index is 0.962. The lowest BCUT2D eigenvalue weighted by Crippen LogP contribution is -2.18. The molecule has 0 aliphatic heterocycles. The number of hydrogen-bond acceptors (Lipinski definition) is 11. The van der Waals surface area contributed by atoms with E-state index in [1.807, 2.05) is 115 Å². The van der Waals surface area contributed by atoms with Gasteiger partial charge < -0.3 is 14.8 Å². The fraction of sp³-hybridized carbons (Fsp3) is 0.114. The molecule has 0 fully saturated rings. The van der Waals surface area contributed by atoms with E-state index in [0.717, 1.165) is 72.2 Å². The van der Waals surface area contributed by atoms with E-state index in [-0.39, 0.29) is 6.61 Å². The summed E-state index contributed by atoms with van der Waals surface area (Å²) in [6.07, 6.45) is 9.18. The van der Waals surface area contributed by atoms with Gasteiger partial charge in [0.2, 0.25) is 5.95 Å². The van der Waals surface area contributed by atoms with E-state index < -0.39 is 5.95 Å². The number of anilines is 4. The van der Waals surface area contributed by atoms with Gasteiger partial charge in [-0.3, -0.25) is 4.90 Å². The molecule has 12 heteroatoms. The van der Waals surface area contributed by atoms with Gasteiger partial charge in [0, 0.05) is 51.4 Å². The first-order chi connectivity index (χ1) is 27.3. The van der Waals surface area contributed by atoms with Crippen LogP contribution in [0, 0.1) is 32.1 Å². The minimum atomic E-state index is -0.500. The van der Waals surface area contributed by atoms with Gasteiger partial charge in [-0.25, -0.2) is 24.9 Å². The van der Waals surface area contributed by atoms with Crippen molar-refractivity contribution >= 4 is 55.3 Å². The minimum absolute atomic E-state index is 0.278. The van der Waals surface area contributed by atoms with Crippen LogP contribution in [0.3, 0.4) is 0 Å². The van der Waals surface area contributed by atoms with Gasteiger partial charge >= 0.3 is 0 Å². The number of aromatic nitrogens is 5. The number of hydrogen-bond donors (Lipinski definition) is 1. The molecule has 56 heavy (non-hydrogen) atoms. The maximum atomic E-state index is 13.8. The third-order valence-electron chi connectivity index (χ3n) is 9.03. The van der Waals surface area contributed by atoms with Gasteiger partial charge in [-0.1, -0.05) is 54.5 Å². The lowest BCUT2D eigenvalue weighted by molar-refractivity contribution is 0.284. The molecule has 0 saturated heterocycles. The molecule has 8 rings (SSSR count). The second-order valence-corrected chi connectivity index (χ2v) is 14.6. The van der Waals surface area contributed by atoms with Crippen LogP contribution in [-0.2, 0) is 6.61 Å². The smallest absolute Gasteiger partial charge is 0.213 e. The van der Waals surface area contributed by atoms with Crippen molar-refractivity contribution in [1.29, 1.82) is 0 Å². The maximum absolute atomic E-state index is 13.8. The number of thiazole rings is 2. The molecule has 5 aromatic heterocycles. The van der Waals surface area contributed by atoms with E-state index in [9.17, 15) is 4.39 Å². The van der Waals surface area contributed by atoms with Crippen LogP contribution in [-0.4, -0.2) is 38.6 Å². The van der Waals surface area contributed by atoms with Gasteiger partial charge in [0.25, 0.3) is 0 Å². The summed E-state index contributed by atoms with van der Waals surface area (Å²) in [6.45, 7) is 4.46. The number of nitrogens with zero attached hydrogens (tertiary/aromatic N) is 6. The summed E-state index contributed by atoms with van der Waals surface area (Å²) >= 11 is 2.99. The van der Waals surface area contributed by atoms with Crippen LogP contribution in [0.15, 0.2) is 114 Å². The summed E-state index contributed by atoms with van der Waals surface area (Å²) in [5.41, 5.74) is 7.83. The minimum Gasteiger partial charge on any atom is -0.493 e. The number of terminal acetylenes is 1. The highest BCUT2D eigenvalue weighted by molar-refractivity contribution is 7.14. The van der Waals surface area contributed by atoms with Crippen LogP contribution in [0.5, 0.6) is 11.5 Å². The number of halogens is 1. The van der Waals surface area contributed by atoms with Crippen molar-refractivity contribution in [2.24, 2.45) is 0 Å². The number of methoxy groups -OCH3 is 1. The van der Waals surface area contributed by atoms with Crippen molar-refractivity contribution in [2.45, 2.75) is 20.5 Å². The Morgan fingerprint density at radius 2 is 1.55 bits per heavy atom. The number of fused-ring (bicyclic) bond motifs is 1. The number of ether oxygens (including phenoxy) is 2. The van der Waals surface area contributed by atoms with Crippen LogP contribution in [0.1, 0.15) is 16.8 Å². The average molecular weight is 776 g/mol. The Bertz CT molecular complexity index is 2720. The molecular weight excluding hydrogens is 742 g/mol. The molecule has 0 saturated carbocycles. The fourth-order valence-corrected chi connectivity index (χ4v) is 7.85. The van der Waals surface area contributed by atoms with Gasteiger partial charge in [-0.05, 0) is 77.9 Å². The van der Waals surface area contributed by atoms with Gasteiger partial charge in [0.1, 0.15) is 18.2 Å². The van der Waals surface area contributed by atoms with Gasteiger partial charge in [-0.15, -0.1) is 29.1 Å². The molecule has 0 atom stereocenters. The zero-order valence-corrected chi connectivity index (χ0v) is 32.3. The first kappa shape index (κ1) is 36.3. The van der Waals surface area contributed by atoms with E-state index in [2.05, 4.69) is 27.3 Å². The molecule has 0 aliphatic rings. The first-order valence-corrected chi connectivity index (χ1v) is 19.3. The van der Waals surface area contributed by atoms with E-state index in [0.29, 0.717) is 29.0 Å². The molecule has 276 valence electrons. The van der Waals surface area contributed by atoms with Crippen LogP contribution >= 0.6 is 22.7 Å². The zero-order chi connectivity index (χ0) is 38.6. The summed E-state index contributed by atoms with van der Waals surface area (Å²) in [5, 5.41) is 10.9. The SMILES string of the molecule is C#CCN(c1cc2ccccc2cn1)c1nc(-c2ccc(OC)c(OCc3cc(C)nc(Nc4nc(-c5ccc(-c6cc(F)ncc6C)cc5)cs4)c3)c2)cs1. The number of benzene rings is 3. The van der Waals surface area contributed by atoms with E-state index in [1.54, 1.807) is 13.3 Å². The second kappa shape index (κ2) is 16.0. The van der Waals surface area contributed by atoms with Gasteiger partial charge in [0.05, 0.1) is 25.0 Å². The van der Waals surface area contributed by atoms with Crippen LogP contribution in [0.25, 0.3) is 44.4 Å². The molecule has 3 aromatic carbocycles. The van der Waals surface area contributed by atoms with Crippen molar-refractivity contribution in [1.82, 2.24) is 24.9 Å². The standard InChI is InChI=1S/C44H34FN7O2S2/c1-5-16-52(42-20-32-8-6-7-9-34(32)23-47-42)44-50-37(26-56-44)33-14-15-38(53-4)39(19-33)54-24-29-17-28(3)48-41(18-29)51-43-49-36(25-55-43)31-12-10-30(11-13-31)35-21-40(45)46-22-27(35)2/h1,6-15,17-23,25-26H,16,24H2,2-4H3,(H,48,49,51). The molecule has 0 spiro atoms. The third-order valence-corrected chi connectivity index (χ3v) is 10.7. The molecule has 0 radical (unpaired) electrons. The fourth-order valence-electron chi connectivity index (χ4n) is 6.28. The highest BCUT2D eigenvalue weighted by Gasteiger charge is 2.17. The molecule has 0 bridgehead atoms. The maximum Gasteiger partial charge on any atom is 0.213 e. The second-order valence-electron chi connectivity index (χ2n) is 12.9. The average Bonchev–Trinajstić information content (AvgIpc) is 3.90. The summed E-state index contributed by atoms with van der Waals surface area (Å²) in [5.74, 6) is 4.83. The predicted octanol–water partition coefficient (Wildman–Crippen LogP) is 10.8. The molecule has 0 unspecified atom stereocenters. The number of pyridine rings is 3. The Morgan fingerprint density at radius 1 is 0.786 bits per heavy atom. The topological polar surface area (TPSA) is 98.2 Å². The largest absolute Gasteiger partial charge is 0.493 e. The predicted molar refractivity (Wildman–Crippen MR) is 224 cm³/mol. The van der Waals surface area contributed by atoms with Crippen molar-refractivity contribution in [2.75, 3.05) is 23.9 Å². The molecule has 1 N–H and O–H groups in total. The Labute approximate surface area is 331 Å². The summed E-state index contributed by atoms with van der Waals surface area (Å²) < 4.78 is 25.8. The van der Waals surface area contributed by atoms with Crippen molar-refractivity contribution in [3.05, 3.63) is 137 Å². The normalized spacial score (nSPS) is 11.0. The molecule has 8 aromatic rings. The van der Waals surface area contributed by atoms with Crippen molar-refractivity contribution in [3.63, 3.8) is 0 Å². The van der Waals surface area contributed by atoms with E-state index >= 15 is 0 Å². The monoisotopic (exact) mass is 775 g/mol. The third kappa shape index (κ3) is 7.91. The quantitative estimate of drug-likeness (QED) is 0.0960. The number of nitrogens with one attached hydrogen (secondary N) is 1. The summed E-state index contributed by atoms with van der Waals surface area (Å²) in [4.78, 5) is 24.8. The molecule has 9 nitrogen and oxygen atoms in total. The highest BCUT2D eigenvalue weighted by atomic mass is 32.1. The molecule has 5 heterocycles. The summed E-state index contributed by atoms with van der Waals surface area (Å²) in [7, 11) is 1.62. The lowest BCUT2D eigenvalue weighted by Gasteiger charge is -2.18. The molecular formula is C44H34FN7O2S2. The van der Waals surface area contributed by atoms with Crippen LogP contribution < -0.4 is 19.7 Å². The Morgan fingerprint density at radius 3 is 2.38 bits per heavy atom. The van der Waals surface area contributed by atoms with Gasteiger partial charge in [-0.2, -0.15) is 4.39 Å². The Kier molecular flexibility index (Phi) is 10.4. The first-order valence-electron chi connectivity index (χ1n) is 17.6. The van der Waals surface area contributed by atoms with Crippen molar-refractivity contribution < 1.29 is 13.9 Å².